The number of rotatable bonds is 4. The summed E-state index contributed by atoms with van der Waals surface area (Å²) in [4.78, 5) is 17.8. The van der Waals surface area contributed by atoms with Crippen LogP contribution in [0.3, 0.4) is 0 Å². The van der Waals surface area contributed by atoms with Gasteiger partial charge in [0, 0.05) is 21.3 Å². The summed E-state index contributed by atoms with van der Waals surface area (Å²) in [5, 5.41) is 1.97. The van der Waals surface area contributed by atoms with Gasteiger partial charge in [-0.1, -0.05) is 6.07 Å². The number of halogens is 2. The zero-order valence-electron chi connectivity index (χ0n) is 14.2. The lowest BCUT2D eigenvalue weighted by Gasteiger charge is -2.44. The van der Waals surface area contributed by atoms with Crippen molar-refractivity contribution in [1.82, 2.24) is 4.90 Å². The standard InChI is InChI=1S/C19H20BrFN2O2S/c20-14-8-17(26-12-14)10-23(16-3-1-2-15(21)9-16)19(24)25-18-11-22-6-4-13(18)5-7-22/h1-3,8-9,12-13,18H,4-7,10-11H2/t18-/m0/s1. The van der Waals surface area contributed by atoms with Crippen LogP contribution in [0.5, 0.6) is 0 Å². The van der Waals surface area contributed by atoms with Crippen LogP contribution in [0.4, 0.5) is 14.9 Å². The lowest BCUT2D eigenvalue weighted by molar-refractivity contribution is -0.0311. The second-order valence-electron chi connectivity index (χ2n) is 6.86. The lowest BCUT2D eigenvalue weighted by atomic mass is 9.86. The monoisotopic (exact) mass is 438 g/mol. The average Bonchev–Trinajstić information content (AvgIpc) is 3.05. The van der Waals surface area contributed by atoms with Gasteiger partial charge in [-0.05, 0) is 72.0 Å². The zero-order chi connectivity index (χ0) is 18.1. The minimum absolute atomic E-state index is 0.0730. The second-order valence-corrected chi connectivity index (χ2v) is 8.77. The molecule has 3 aliphatic rings. The van der Waals surface area contributed by atoms with Crippen LogP contribution in [-0.2, 0) is 11.3 Å². The molecule has 1 atom stereocenters. The van der Waals surface area contributed by atoms with Crippen LogP contribution >= 0.6 is 27.3 Å². The molecule has 5 rings (SSSR count). The van der Waals surface area contributed by atoms with E-state index in [1.165, 1.54) is 17.0 Å². The number of nitrogens with zero attached hydrogens (tertiary/aromatic N) is 2. The molecule has 138 valence electrons. The molecule has 0 aliphatic carbocycles. The Labute approximate surface area is 164 Å². The number of piperidine rings is 3. The maximum atomic E-state index is 13.7. The van der Waals surface area contributed by atoms with Crippen LogP contribution in [0.1, 0.15) is 17.7 Å². The van der Waals surface area contributed by atoms with Gasteiger partial charge in [0.2, 0.25) is 0 Å². The molecule has 0 unspecified atom stereocenters. The number of carbonyl (C=O) groups excluding carboxylic acids is 1. The molecule has 0 spiro atoms. The highest BCUT2D eigenvalue weighted by Gasteiger charge is 2.37. The molecular weight excluding hydrogens is 419 g/mol. The molecule has 2 aromatic rings. The van der Waals surface area contributed by atoms with Crippen LogP contribution in [0.25, 0.3) is 0 Å². The largest absolute Gasteiger partial charge is 0.444 e. The number of benzene rings is 1. The molecule has 26 heavy (non-hydrogen) atoms. The van der Waals surface area contributed by atoms with Gasteiger partial charge in [-0.3, -0.25) is 9.80 Å². The smallest absolute Gasteiger partial charge is 0.414 e. The van der Waals surface area contributed by atoms with E-state index < -0.39 is 6.09 Å². The molecule has 1 aromatic heterocycles. The molecule has 0 radical (unpaired) electrons. The summed E-state index contributed by atoms with van der Waals surface area (Å²) in [6, 6.07) is 8.08. The number of hydrogen-bond donors (Lipinski definition) is 0. The Balaban J connectivity index is 1.54. The van der Waals surface area contributed by atoms with Gasteiger partial charge in [-0.25, -0.2) is 9.18 Å². The SMILES string of the molecule is O=C(O[C@H]1CN2CCC1CC2)N(Cc1cc(Br)cs1)c1cccc(F)c1. The van der Waals surface area contributed by atoms with Gasteiger partial charge in [-0.15, -0.1) is 11.3 Å². The Kier molecular flexibility index (Phi) is 5.29. The van der Waals surface area contributed by atoms with Crippen molar-refractivity contribution in [2.24, 2.45) is 5.92 Å². The topological polar surface area (TPSA) is 32.8 Å². The van der Waals surface area contributed by atoms with E-state index in [4.69, 9.17) is 4.74 Å². The quantitative estimate of drug-likeness (QED) is 0.681. The maximum Gasteiger partial charge on any atom is 0.414 e. The van der Waals surface area contributed by atoms with Crippen LogP contribution in [0, 0.1) is 11.7 Å². The van der Waals surface area contributed by atoms with Crippen LogP contribution in [-0.4, -0.2) is 36.7 Å². The predicted octanol–water partition coefficient (Wildman–Crippen LogP) is 4.89. The molecule has 4 heterocycles. The van der Waals surface area contributed by atoms with Crippen molar-refractivity contribution in [1.29, 1.82) is 0 Å². The number of carbonyl (C=O) groups is 1. The predicted molar refractivity (Wildman–Crippen MR) is 104 cm³/mol. The zero-order valence-corrected chi connectivity index (χ0v) is 16.6. The van der Waals surface area contributed by atoms with Crippen LogP contribution < -0.4 is 4.90 Å². The fraction of sp³-hybridized carbons (Fsp3) is 0.421. The van der Waals surface area contributed by atoms with Crippen LogP contribution in [0.15, 0.2) is 40.2 Å². The van der Waals surface area contributed by atoms with Gasteiger partial charge in [0.05, 0.1) is 12.2 Å². The highest BCUT2D eigenvalue weighted by atomic mass is 79.9. The summed E-state index contributed by atoms with van der Waals surface area (Å²) < 4.78 is 20.6. The first-order valence-electron chi connectivity index (χ1n) is 8.77. The molecule has 1 amide bonds. The van der Waals surface area contributed by atoms with Crippen molar-refractivity contribution >= 4 is 39.0 Å². The molecule has 3 aliphatic heterocycles. The molecule has 7 heteroatoms. The number of ether oxygens (including phenoxy) is 1. The fourth-order valence-electron chi connectivity index (χ4n) is 3.74. The minimum atomic E-state index is -0.404. The van der Waals surface area contributed by atoms with Gasteiger partial charge in [0.15, 0.2) is 0 Å². The van der Waals surface area contributed by atoms with E-state index >= 15 is 0 Å². The van der Waals surface area contributed by atoms with Crippen molar-refractivity contribution in [3.8, 4) is 0 Å². The molecular formula is C19H20BrFN2O2S. The van der Waals surface area contributed by atoms with Gasteiger partial charge in [0.1, 0.15) is 11.9 Å². The summed E-state index contributed by atoms with van der Waals surface area (Å²) >= 11 is 4.99. The van der Waals surface area contributed by atoms with E-state index in [2.05, 4.69) is 20.8 Å². The third-order valence-electron chi connectivity index (χ3n) is 5.12. The Morgan fingerprint density at radius 3 is 2.77 bits per heavy atom. The Bertz CT molecular complexity index is 791. The molecule has 4 nitrogen and oxygen atoms in total. The van der Waals surface area contributed by atoms with Crippen LogP contribution in [0.2, 0.25) is 0 Å². The Hall–Kier alpha value is -1.44. The number of fused-ring (bicyclic) bond motifs is 3. The van der Waals surface area contributed by atoms with Gasteiger partial charge in [0.25, 0.3) is 0 Å². The number of hydrogen-bond acceptors (Lipinski definition) is 4. The number of amides is 1. The van der Waals surface area contributed by atoms with Crippen molar-refractivity contribution < 1.29 is 13.9 Å². The first-order valence-corrected chi connectivity index (χ1v) is 10.4. The second kappa shape index (κ2) is 7.66. The Morgan fingerprint density at radius 2 is 2.15 bits per heavy atom. The Morgan fingerprint density at radius 1 is 1.35 bits per heavy atom. The fourth-order valence-corrected chi connectivity index (χ4v) is 5.17. The van der Waals surface area contributed by atoms with E-state index in [0.29, 0.717) is 18.2 Å². The summed E-state index contributed by atoms with van der Waals surface area (Å²) in [6.07, 6.45) is 1.68. The molecule has 0 N–H and O–H groups in total. The van der Waals surface area contributed by atoms with E-state index in [0.717, 1.165) is 41.8 Å². The minimum Gasteiger partial charge on any atom is -0.444 e. The van der Waals surface area contributed by atoms with E-state index in [1.807, 2.05) is 11.4 Å². The highest BCUT2D eigenvalue weighted by Crippen LogP contribution is 2.31. The van der Waals surface area contributed by atoms with Crippen molar-refractivity contribution in [2.45, 2.75) is 25.5 Å². The molecule has 3 saturated heterocycles. The summed E-state index contributed by atoms with van der Waals surface area (Å²) in [7, 11) is 0. The molecule has 0 saturated carbocycles. The number of anilines is 1. The van der Waals surface area contributed by atoms with Crippen molar-refractivity contribution in [2.75, 3.05) is 24.5 Å². The lowest BCUT2D eigenvalue weighted by Crippen LogP contribution is -2.53. The van der Waals surface area contributed by atoms with E-state index in [-0.39, 0.29) is 11.9 Å². The summed E-state index contributed by atoms with van der Waals surface area (Å²) in [5.74, 6) is 0.0738. The van der Waals surface area contributed by atoms with Crippen molar-refractivity contribution in [3.63, 3.8) is 0 Å². The number of thiophene rings is 1. The van der Waals surface area contributed by atoms with E-state index in [1.54, 1.807) is 23.5 Å². The third-order valence-corrected chi connectivity index (χ3v) is 6.81. The average molecular weight is 439 g/mol. The third kappa shape index (κ3) is 3.94. The van der Waals surface area contributed by atoms with Gasteiger partial charge >= 0.3 is 6.09 Å². The highest BCUT2D eigenvalue weighted by molar-refractivity contribution is 9.10. The maximum absolute atomic E-state index is 13.7. The first-order chi connectivity index (χ1) is 12.6. The molecule has 1 aromatic carbocycles. The van der Waals surface area contributed by atoms with Gasteiger partial charge in [-0.2, -0.15) is 0 Å². The molecule has 2 bridgehead atoms. The normalized spacial score (nSPS) is 24.5. The summed E-state index contributed by atoms with van der Waals surface area (Å²) in [6.45, 7) is 3.35. The van der Waals surface area contributed by atoms with Gasteiger partial charge < -0.3 is 4.74 Å². The summed E-state index contributed by atoms with van der Waals surface area (Å²) in [5.41, 5.74) is 0.515. The van der Waals surface area contributed by atoms with E-state index in [9.17, 15) is 9.18 Å². The first kappa shape index (κ1) is 17.9. The molecule has 3 fully saturated rings. The van der Waals surface area contributed by atoms with Crippen molar-refractivity contribution in [3.05, 3.63) is 50.9 Å².